The first-order chi connectivity index (χ1) is 14.0. The van der Waals surface area contributed by atoms with Crippen LogP contribution in [0, 0.1) is 0 Å². The summed E-state index contributed by atoms with van der Waals surface area (Å²) >= 11 is 0. The van der Waals surface area contributed by atoms with Crippen molar-refractivity contribution < 1.29 is 24.1 Å². The Kier molecular flexibility index (Phi) is 6.79. The highest BCUT2D eigenvalue weighted by Crippen LogP contribution is 2.30. The third kappa shape index (κ3) is 5.78. The van der Waals surface area contributed by atoms with E-state index in [1.165, 1.54) is 0 Å². The van der Waals surface area contributed by atoms with Crippen molar-refractivity contribution in [1.82, 2.24) is 4.98 Å². The zero-order valence-corrected chi connectivity index (χ0v) is 16.8. The Bertz CT molecular complexity index is 925. The van der Waals surface area contributed by atoms with Gasteiger partial charge in [-0.3, -0.25) is 4.98 Å². The lowest BCUT2D eigenvalue weighted by Gasteiger charge is -2.15. The summed E-state index contributed by atoms with van der Waals surface area (Å²) in [5.41, 5.74) is 1.64. The van der Waals surface area contributed by atoms with Crippen LogP contribution in [0.1, 0.15) is 25.1 Å². The van der Waals surface area contributed by atoms with Crippen LogP contribution in [0.25, 0.3) is 0 Å². The van der Waals surface area contributed by atoms with E-state index in [0.717, 1.165) is 5.56 Å². The quantitative estimate of drug-likeness (QED) is 0.564. The van der Waals surface area contributed by atoms with Crippen LogP contribution < -0.4 is 18.9 Å². The lowest BCUT2D eigenvalue weighted by atomic mass is 10.2. The van der Waals surface area contributed by atoms with E-state index in [4.69, 9.17) is 18.9 Å². The summed E-state index contributed by atoms with van der Waals surface area (Å²) in [4.78, 5) is 4.36. The first kappa shape index (κ1) is 20.3. The lowest BCUT2D eigenvalue weighted by Crippen LogP contribution is -2.08. The van der Waals surface area contributed by atoms with Gasteiger partial charge in [-0.1, -0.05) is 6.07 Å². The van der Waals surface area contributed by atoms with E-state index in [-0.39, 0.29) is 18.5 Å². The molecule has 0 fully saturated rings. The summed E-state index contributed by atoms with van der Waals surface area (Å²) in [7, 11) is 1.62. The van der Waals surface area contributed by atoms with E-state index in [2.05, 4.69) is 4.98 Å². The van der Waals surface area contributed by atoms with Crippen molar-refractivity contribution in [2.45, 2.75) is 33.2 Å². The fourth-order valence-corrected chi connectivity index (χ4v) is 2.68. The number of pyridine rings is 1. The van der Waals surface area contributed by atoms with E-state index in [1.807, 2.05) is 44.2 Å². The molecular formula is C23H25NO5. The molecule has 0 aliphatic rings. The Labute approximate surface area is 170 Å². The third-order valence-corrected chi connectivity index (χ3v) is 4.05. The molecule has 6 heteroatoms. The van der Waals surface area contributed by atoms with Crippen molar-refractivity contribution >= 4 is 0 Å². The predicted molar refractivity (Wildman–Crippen MR) is 110 cm³/mol. The van der Waals surface area contributed by atoms with Gasteiger partial charge in [0.2, 0.25) is 0 Å². The van der Waals surface area contributed by atoms with Gasteiger partial charge in [-0.15, -0.1) is 0 Å². The Morgan fingerprint density at radius 3 is 2.41 bits per heavy atom. The highest BCUT2D eigenvalue weighted by molar-refractivity contribution is 5.43. The first-order valence-corrected chi connectivity index (χ1v) is 9.37. The topological polar surface area (TPSA) is 70.0 Å². The normalized spacial score (nSPS) is 10.6. The van der Waals surface area contributed by atoms with E-state index < -0.39 is 0 Å². The predicted octanol–water partition coefficient (Wildman–Crippen LogP) is 4.74. The van der Waals surface area contributed by atoms with Gasteiger partial charge in [0.05, 0.1) is 13.2 Å². The van der Waals surface area contributed by atoms with Crippen molar-refractivity contribution in [2.75, 3.05) is 7.11 Å². The van der Waals surface area contributed by atoms with Gasteiger partial charge in [-0.05, 0) is 67.9 Å². The lowest BCUT2D eigenvalue weighted by molar-refractivity contribution is 0.228. The summed E-state index contributed by atoms with van der Waals surface area (Å²) in [5, 5.41) is 9.36. The number of phenolic OH excluding ortho intramolecular Hbond substituents is 1. The van der Waals surface area contributed by atoms with Crippen molar-refractivity contribution in [3.8, 4) is 28.7 Å². The Morgan fingerprint density at radius 2 is 1.69 bits per heavy atom. The molecule has 0 radical (unpaired) electrons. The number of aromatic hydroxyl groups is 1. The number of rotatable bonds is 9. The summed E-state index contributed by atoms with van der Waals surface area (Å²) in [6.07, 6.45) is 1.74. The molecule has 0 atom stereocenters. The Hall–Kier alpha value is -3.41. The zero-order valence-electron chi connectivity index (χ0n) is 16.8. The highest BCUT2D eigenvalue weighted by Gasteiger charge is 2.10. The third-order valence-electron chi connectivity index (χ3n) is 4.05. The fourth-order valence-electron chi connectivity index (χ4n) is 2.68. The van der Waals surface area contributed by atoms with E-state index in [1.54, 1.807) is 37.6 Å². The average molecular weight is 395 g/mol. The molecule has 1 heterocycles. The molecule has 2 aromatic carbocycles. The second-order valence-electron chi connectivity index (χ2n) is 6.67. The second-order valence-corrected chi connectivity index (χ2v) is 6.67. The molecule has 0 bridgehead atoms. The molecule has 3 rings (SSSR count). The van der Waals surface area contributed by atoms with Gasteiger partial charge in [0.1, 0.15) is 36.2 Å². The van der Waals surface area contributed by atoms with Crippen molar-refractivity contribution in [3.63, 3.8) is 0 Å². The maximum Gasteiger partial charge on any atom is 0.161 e. The summed E-state index contributed by atoms with van der Waals surface area (Å²) in [6.45, 7) is 4.55. The smallest absolute Gasteiger partial charge is 0.161 e. The van der Waals surface area contributed by atoms with Crippen LogP contribution in [0.5, 0.6) is 28.7 Å². The maximum absolute atomic E-state index is 9.36. The maximum atomic E-state index is 9.36. The van der Waals surface area contributed by atoms with Crippen LogP contribution in [0.15, 0.2) is 60.8 Å². The van der Waals surface area contributed by atoms with Gasteiger partial charge in [0.25, 0.3) is 0 Å². The number of aromatic nitrogens is 1. The molecule has 6 nitrogen and oxygen atoms in total. The molecular weight excluding hydrogens is 370 g/mol. The molecule has 1 N–H and O–H groups in total. The molecule has 0 saturated carbocycles. The van der Waals surface area contributed by atoms with Gasteiger partial charge in [-0.2, -0.15) is 0 Å². The fraction of sp³-hybridized carbons (Fsp3) is 0.261. The minimum Gasteiger partial charge on any atom is -0.508 e. The number of ether oxygens (including phenoxy) is 4. The van der Waals surface area contributed by atoms with Crippen molar-refractivity contribution in [2.24, 2.45) is 0 Å². The van der Waals surface area contributed by atoms with Gasteiger partial charge in [-0.25, -0.2) is 0 Å². The molecule has 0 aliphatic heterocycles. The minimum atomic E-state index is 0.0436. The van der Waals surface area contributed by atoms with Crippen LogP contribution in [0.2, 0.25) is 0 Å². The van der Waals surface area contributed by atoms with Gasteiger partial charge < -0.3 is 24.1 Å². The van der Waals surface area contributed by atoms with Crippen molar-refractivity contribution in [1.29, 1.82) is 0 Å². The van der Waals surface area contributed by atoms with Gasteiger partial charge in [0, 0.05) is 6.20 Å². The van der Waals surface area contributed by atoms with E-state index >= 15 is 0 Å². The Morgan fingerprint density at radius 1 is 0.897 bits per heavy atom. The van der Waals surface area contributed by atoms with E-state index in [0.29, 0.717) is 35.3 Å². The number of benzene rings is 2. The Balaban J connectivity index is 1.67. The molecule has 0 aliphatic carbocycles. The van der Waals surface area contributed by atoms with E-state index in [9.17, 15) is 5.11 Å². The van der Waals surface area contributed by atoms with Gasteiger partial charge >= 0.3 is 0 Å². The highest BCUT2D eigenvalue weighted by atomic mass is 16.5. The molecule has 0 spiro atoms. The average Bonchev–Trinajstić information content (AvgIpc) is 2.72. The first-order valence-electron chi connectivity index (χ1n) is 9.37. The van der Waals surface area contributed by atoms with Crippen LogP contribution in [-0.2, 0) is 13.2 Å². The number of hydrogen-bond acceptors (Lipinski definition) is 6. The minimum absolute atomic E-state index is 0.0436. The monoisotopic (exact) mass is 395 g/mol. The summed E-state index contributed by atoms with van der Waals surface area (Å²) < 4.78 is 22.9. The van der Waals surface area contributed by atoms with Crippen LogP contribution in [0.4, 0.5) is 0 Å². The molecule has 1 aromatic heterocycles. The van der Waals surface area contributed by atoms with Crippen LogP contribution >= 0.6 is 0 Å². The largest absolute Gasteiger partial charge is 0.508 e. The van der Waals surface area contributed by atoms with Crippen molar-refractivity contribution in [3.05, 3.63) is 72.1 Å². The molecule has 0 unspecified atom stereocenters. The number of nitrogens with zero attached hydrogens (tertiary/aromatic N) is 1. The number of methoxy groups -OCH3 is 1. The number of phenols is 1. The summed E-state index contributed by atoms with van der Waals surface area (Å²) in [6, 6.07) is 16.0. The van der Waals surface area contributed by atoms with Gasteiger partial charge in [0.15, 0.2) is 11.5 Å². The molecule has 152 valence electrons. The van der Waals surface area contributed by atoms with Crippen LogP contribution in [-0.4, -0.2) is 23.3 Å². The SMILES string of the molecule is COc1ccc(COc2cccnc2COc2ccc(O)cc2)cc1OC(C)C. The van der Waals surface area contributed by atoms with Crippen LogP contribution in [0.3, 0.4) is 0 Å². The molecule has 0 saturated heterocycles. The summed E-state index contributed by atoms with van der Waals surface area (Å²) in [5.74, 6) is 2.86. The molecule has 29 heavy (non-hydrogen) atoms. The zero-order chi connectivity index (χ0) is 20.6. The number of hydrogen-bond donors (Lipinski definition) is 1. The standard InChI is InChI=1S/C23H25NO5/c1-16(2)29-23-13-17(6-11-22(23)26-3)14-28-21-5-4-12-24-20(21)15-27-19-9-7-18(25)8-10-19/h4-13,16,25H,14-15H2,1-3H3. The second kappa shape index (κ2) is 9.68. The molecule has 3 aromatic rings. The molecule has 0 amide bonds.